The Kier molecular flexibility index (Phi) is 4.49. The fourth-order valence-electron chi connectivity index (χ4n) is 3.20. The molecule has 26 heavy (non-hydrogen) atoms. The van der Waals surface area contributed by atoms with Crippen LogP contribution in [0.15, 0.2) is 43.0 Å². The number of nitrogens with one attached hydrogen (secondary N) is 2. The second-order valence-electron chi connectivity index (χ2n) is 6.47. The first-order chi connectivity index (χ1) is 12.7. The number of nitrogens with zero attached hydrogens (tertiary/aromatic N) is 5. The summed E-state index contributed by atoms with van der Waals surface area (Å²) in [5.74, 6) is -0.209. The molecule has 0 radical (unpaired) electrons. The molecule has 4 rings (SSSR count). The second-order valence-corrected chi connectivity index (χ2v) is 6.47. The van der Waals surface area contributed by atoms with Gasteiger partial charge in [-0.2, -0.15) is 10.2 Å². The van der Waals surface area contributed by atoms with Gasteiger partial charge >= 0.3 is 0 Å². The van der Waals surface area contributed by atoms with Crippen LogP contribution in [0.5, 0.6) is 0 Å². The molecule has 0 saturated carbocycles. The minimum absolute atomic E-state index is 0.209. The molecule has 1 saturated heterocycles. The second kappa shape index (κ2) is 7.09. The summed E-state index contributed by atoms with van der Waals surface area (Å²) in [6.07, 6.45) is 9.31. The van der Waals surface area contributed by atoms with Crippen LogP contribution in [0.4, 0.5) is 5.69 Å². The minimum atomic E-state index is -0.209. The Balaban J connectivity index is 1.45. The summed E-state index contributed by atoms with van der Waals surface area (Å²) >= 11 is 0. The van der Waals surface area contributed by atoms with E-state index in [1.165, 1.54) is 6.42 Å². The Labute approximate surface area is 151 Å². The first kappa shape index (κ1) is 16.5. The molecular weight excluding hydrogens is 330 g/mol. The van der Waals surface area contributed by atoms with Gasteiger partial charge in [-0.3, -0.25) is 19.1 Å². The lowest BCUT2D eigenvalue weighted by Gasteiger charge is -2.09. The van der Waals surface area contributed by atoms with Crippen LogP contribution in [0.2, 0.25) is 0 Å². The van der Waals surface area contributed by atoms with Crippen LogP contribution in [-0.2, 0) is 13.6 Å². The standard InChI is InChI=1S/C18H21N7O/c1-24-17(9-16(23-24)13-4-7-19-8-5-13)18(26)22-15-10-21-25(12-15)11-14-3-2-6-20-14/h4-5,7-10,12,14,20H,2-3,6,11H2,1H3,(H,22,26). The highest BCUT2D eigenvalue weighted by Crippen LogP contribution is 2.18. The minimum Gasteiger partial charge on any atom is -0.318 e. The van der Waals surface area contributed by atoms with E-state index in [1.807, 2.05) is 23.0 Å². The van der Waals surface area contributed by atoms with Crippen molar-refractivity contribution in [1.82, 2.24) is 29.9 Å². The van der Waals surface area contributed by atoms with E-state index in [2.05, 4.69) is 25.8 Å². The molecule has 0 aliphatic carbocycles. The van der Waals surface area contributed by atoms with Gasteiger partial charge in [0.1, 0.15) is 5.69 Å². The first-order valence-electron chi connectivity index (χ1n) is 8.71. The number of carbonyl (C=O) groups excluding carboxylic acids is 1. The molecule has 3 aromatic rings. The van der Waals surface area contributed by atoms with Crippen LogP contribution in [0.1, 0.15) is 23.3 Å². The molecule has 1 aliphatic rings. The maximum absolute atomic E-state index is 12.6. The highest BCUT2D eigenvalue weighted by molar-refractivity contribution is 6.03. The first-order valence-corrected chi connectivity index (χ1v) is 8.71. The van der Waals surface area contributed by atoms with Gasteiger partial charge in [0, 0.05) is 37.2 Å². The third kappa shape index (κ3) is 3.50. The fourth-order valence-corrected chi connectivity index (χ4v) is 3.20. The molecule has 134 valence electrons. The number of aromatic nitrogens is 5. The molecule has 2 N–H and O–H groups in total. The third-order valence-electron chi connectivity index (χ3n) is 4.55. The zero-order chi connectivity index (χ0) is 17.9. The predicted octanol–water partition coefficient (Wildman–Crippen LogP) is 1.68. The van der Waals surface area contributed by atoms with Crippen LogP contribution in [-0.4, -0.2) is 43.0 Å². The molecule has 0 spiro atoms. The molecule has 4 heterocycles. The summed E-state index contributed by atoms with van der Waals surface area (Å²) in [6.45, 7) is 1.88. The molecule has 1 amide bonds. The van der Waals surface area contributed by atoms with Gasteiger partial charge in [-0.05, 0) is 37.6 Å². The van der Waals surface area contributed by atoms with E-state index < -0.39 is 0 Å². The molecule has 8 nitrogen and oxygen atoms in total. The highest BCUT2D eigenvalue weighted by atomic mass is 16.2. The SMILES string of the molecule is Cn1nc(-c2ccncc2)cc1C(=O)Nc1cnn(CC2CCCN2)c1. The lowest BCUT2D eigenvalue weighted by atomic mass is 10.2. The molecule has 0 aromatic carbocycles. The average molecular weight is 351 g/mol. The number of rotatable bonds is 5. The van der Waals surface area contributed by atoms with E-state index in [0.29, 0.717) is 17.4 Å². The van der Waals surface area contributed by atoms with Crippen LogP contribution in [0.3, 0.4) is 0 Å². The molecule has 1 fully saturated rings. The maximum atomic E-state index is 12.6. The largest absolute Gasteiger partial charge is 0.318 e. The Morgan fingerprint density at radius 3 is 3.00 bits per heavy atom. The van der Waals surface area contributed by atoms with Crippen LogP contribution in [0, 0.1) is 0 Å². The van der Waals surface area contributed by atoms with Gasteiger partial charge in [0.05, 0.1) is 24.1 Å². The molecular formula is C18H21N7O. The van der Waals surface area contributed by atoms with Gasteiger partial charge in [0.15, 0.2) is 0 Å². The van der Waals surface area contributed by atoms with Crippen molar-refractivity contribution in [3.8, 4) is 11.3 Å². The lowest BCUT2D eigenvalue weighted by Crippen LogP contribution is -2.26. The zero-order valence-corrected chi connectivity index (χ0v) is 14.6. The van der Waals surface area contributed by atoms with Crippen molar-refractivity contribution in [3.05, 3.63) is 48.7 Å². The average Bonchev–Trinajstić information content (AvgIpc) is 3.38. The van der Waals surface area contributed by atoms with Crippen molar-refractivity contribution in [2.75, 3.05) is 11.9 Å². The maximum Gasteiger partial charge on any atom is 0.274 e. The quantitative estimate of drug-likeness (QED) is 0.730. The van der Waals surface area contributed by atoms with Gasteiger partial charge in [-0.25, -0.2) is 0 Å². The van der Waals surface area contributed by atoms with E-state index >= 15 is 0 Å². The molecule has 3 aromatic heterocycles. The number of carbonyl (C=O) groups is 1. The molecule has 0 bridgehead atoms. The zero-order valence-electron chi connectivity index (χ0n) is 14.6. The molecule has 1 unspecified atom stereocenters. The van der Waals surface area contributed by atoms with Gasteiger partial charge in [-0.15, -0.1) is 0 Å². The summed E-state index contributed by atoms with van der Waals surface area (Å²) in [4.78, 5) is 16.6. The van der Waals surface area contributed by atoms with E-state index in [9.17, 15) is 4.79 Å². The normalized spacial score (nSPS) is 16.7. The summed E-state index contributed by atoms with van der Waals surface area (Å²) < 4.78 is 3.45. The summed E-state index contributed by atoms with van der Waals surface area (Å²) in [7, 11) is 1.76. The van der Waals surface area contributed by atoms with Gasteiger partial charge < -0.3 is 10.6 Å². The smallest absolute Gasteiger partial charge is 0.274 e. The van der Waals surface area contributed by atoms with E-state index in [0.717, 1.165) is 30.8 Å². The summed E-state index contributed by atoms with van der Waals surface area (Å²) in [5.41, 5.74) is 2.83. The van der Waals surface area contributed by atoms with Crippen LogP contribution >= 0.6 is 0 Å². The Morgan fingerprint density at radius 1 is 1.38 bits per heavy atom. The summed E-state index contributed by atoms with van der Waals surface area (Å²) in [5, 5.41) is 15.1. The van der Waals surface area contributed by atoms with Crippen LogP contribution in [0.25, 0.3) is 11.3 Å². The van der Waals surface area contributed by atoms with Crippen molar-refractivity contribution in [2.45, 2.75) is 25.4 Å². The number of hydrogen-bond acceptors (Lipinski definition) is 5. The lowest BCUT2D eigenvalue weighted by molar-refractivity contribution is 0.101. The number of pyridine rings is 1. The van der Waals surface area contributed by atoms with Crippen molar-refractivity contribution in [1.29, 1.82) is 0 Å². The number of amides is 1. The summed E-state index contributed by atoms with van der Waals surface area (Å²) in [6, 6.07) is 5.96. The van der Waals surface area contributed by atoms with Crippen molar-refractivity contribution >= 4 is 11.6 Å². The third-order valence-corrected chi connectivity index (χ3v) is 4.55. The van der Waals surface area contributed by atoms with E-state index in [4.69, 9.17) is 0 Å². The molecule has 1 atom stereocenters. The van der Waals surface area contributed by atoms with Crippen LogP contribution < -0.4 is 10.6 Å². The molecule has 1 aliphatic heterocycles. The van der Waals surface area contributed by atoms with Crippen molar-refractivity contribution in [2.24, 2.45) is 7.05 Å². The topological polar surface area (TPSA) is 89.7 Å². The van der Waals surface area contributed by atoms with E-state index in [-0.39, 0.29) is 5.91 Å². The Morgan fingerprint density at radius 2 is 2.23 bits per heavy atom. The predicted molar refractivity (Wildman–Crippen MR) is 97.6 cm³/mol. The Bertz CT molecular complexity index is 893. The highest BCUT2D eigenvalue weighted by Gasteiger charge is 2.17. The van der Waals surface area contributed by atoms with Gasteiger partial charge in [0.2, 0.25) is 0 Å². The van der Waals surface area contributed by atoms with E-state index in [1.54, 1.807) is 36.4 Å². The fraction of sp³-hybridized carbons (Fsp3) is 0.333. The Hall–Kier alpha value is -3.00. The van der Waals surface area contributed by atoms with Crippen molar-refractivity contribution < 1.29 is 4.79 Å². The monoisotopic (exact) mass is 351 g/mol. The van der Waals surface area contributed by atoms with Crippen molar-refractivity contribution in [3.63, 3.8) is 0 Å². The van der Waals surface area contributed by atoms with Gasteiger partial charge in [-0.1, -0.05) is 0 Å². The number of hydrogen-bond donors (Lipinski definition) is 2. The number of anilines is 1. The van der Waals surface area contributed by atoms with Gasteiger partial charge in [0.25, 0.3) is 5.91 Å². The number of aryl methyl sites for hydroxylation is 1. The molecule has 8 heteroatoms.